The molecule has 2 heterocycles. The van der Waals surface area contributed by atoms with Crippen LogP contribution >= 0.6 is 0 Å². The number of nitriles is 1. The quantitative estimate of drug-likeness (QED) is 0.686. The standard InChI is InChI=1S/C22H23N5O/c1-25(2)17-7-9-18(10-8-17)27(14-15-4-5-15)20-12-21(28)26(3)19-11-6-16(13-23)24-22(19)20/h6-12,15H,4-5,14H2,1-3H3. The Balaban J connectivity index is 1.91. The molecule has 0 bridgehead atoms. The number of nitrogens with zero attached hydrogens (tertiary/aromatic N) is 5. The van der Waals surface area contributed by atoms with E-state index >= 15 is 0 Å². The number of benzene rings is 1. The molecular formula is C22H23N5O. The zero-order chi connectivity index (χ0) is 19.8. The molecule has 1 fully saturated rings. The normalized spacial score (nSPS) is 13.4. The number of pyridine rings is 2. The molecule has 0 atom stereocenters. The third kappa shape index (κ3) is 3.31. The average molecular weight is 373 g/mol. The number of hydrogen-bond acceptors (Lipinski definition) is 5. The van der Waals surface area contributed by atoms with Crippen molar-refractivity contribution in [3.05, 3.63) is 58.5 Å². The Bertz CT molecular complexity index is 1120. The highest BCUT2D eigenvalue weighted by Crippen LogP contribution is 2.37. The zero-order valence-electron chi connectivity index (χ0n) is 16.4. The Morgan fingerprint density at radius 3 is 2.43 bits per heavy atom. The number of rotatable bonds is 5. The molecule has 0 radical (unpaired) electrons. The van der Waals surface area contributed by atoms with Crippen LogP contribution in [0.3, 0.4) is 0 Å². The largest absolute Gasteiger partial charge is 0.378 e. The van der Waals surface area contributed by atoms with E-state index in [0.29, 0.717) is 17.1 Å². The molecule has 0 saturated heterocycles. The molecule has 6 heteroatoms. The van der Waals surface area contributed by atoms with Crippen LogP contribution in [-0.4, -0.2) is 30.2 Å². The van der Waals surface area contributed by atoms with Crippen molar-refractivity contribution in [3.8, 4) is 6.07 Å². The Morgan fingerprint density at radius 1 is 1.14 bits per heavy atom. The van der Waals surface area contributed by atoms with E-state index in [9.17, 15) is 10.1 Å². The Labute approximate surface area is 164 Å². The first-order valence-electron chi connectivity index (χ1n) is 9.43. The number of aromatic nitrogens is 2. The second-order valence-electron chi connectivity index (χ2n) is 7.57. The van der Waals surface area contributed by atoms with E-state index in [2.05, 4.69) is 45.1 Å². The van der Waals surface area contributed by atoms with Crippen molar-refractivity contribution in [2.24, 2.45) is 13.0 Å². The van der Waals surface area contributed by atoms with E-state index in [1.807, 2.05) is 14.1 Å². The summed E-state index contributed by atoms with van der Waals surface area (Å²) in [5.41, 5.74) is 4.58. The monoisotopic (exact) mass is 373 g/mol. The highest BCUT2D eigenvalue weighted by Gasteiger charge is 2.27. The van der Waals surface area contributed by atoms with Gasteiger partial charge in [0.1, 0.15) is 17.3 Å². The summed E-state index contributed by atoms with van der Waals surface area (Å²) in [7, 11) is 5.76. The molecule has 28 heavy (non-hydrogen) atoms. The molecule has 1 saturated carbocycles. The molecule has 142 valence electrons. The summed E-state index contributed by atoms with van der Waals surface area (Å²) in [6.45, 7) is 0.835. The van der Waals surface area contributed by atoms with Crippen LogP contribution in [-0.2, 0) is 7.05 Å². The van der Waals surface area contributed by atoms with E-state index in [4.69, 9.17) is 0 Å². The van der Waals surface area contributed by atoms with Gasteiger partial charge in [-0.15, -0.1) is 0 Å². The van der Waals surface area contributed by atoms with Crippen LogP contribution in [0.2, 0.25) is 0 Å². The van der Waals surface area contributed by atoms with Gasteiger partial charge in [-0.2, -0.15) is 5.26 Å². The number of hydrogen-bond donors (Lipinski definition) is 0. The minimum atomic E-state index is -0.0836. The maximum atomic E-state index is 12.6. The number of fused-ring (bicyclic) bond motifs is 1. The predicted molar refractivity (Wildman–Crippen MR) is 112 cm³/mol. The van der Waals surface area contributed by atoms with Gasteiger partial charge in [-0.05, 0) is 55.2 Å². The van der Waals surface area contributed by atoms with E-state index in [1.165, 1.54) is 12.8 Å². The minimum absolute atomic E-state index is 0.0836. The van der Waals surface area contributed by atoms with E-state index < -0.39 is 0 Å². The van der Waals surface area contributed by atoms with Gasteiger partial charge in [0.15, 0.2) is 0 Å². The van der Waals surface area contributed by atoms with E-state index in [0.717, 1.165) is 29.1 Å². The molecular weight excluding hydrogens is 350 g/mol. The summed E-state index contributed by atoms with van der Waals surface area (Å²) in [5, 5.41) is 9.31. The Morgan fingerprint density at radius 2 is 1.82 bits per heavy atom. The lowest BCUT2D eigenvalue weighted by Crippen LogP contribution is -2.25. The van der Waals surface area contributed by atoms with Crippen molar-refractivity contribution >= 4 is 28.1 Å². The van der Waals surface area contributed by atoms with Crippen LogP contribution in [0.25, 0.3) is 11.0 Å². The van der Waals surface area contributed by atoms with Crippen LogP contribution < -0.4 is 15.4 Å². The summed E-state index contributed by atoms with van der Waals surface area (Å²) in [4.78, 5) is 21.4. The summed E-state index contributed by atoms with van der Waals surface area (Å²) in [6.07, 6.45) is 2.40. The Hall–Kier alpha value is -3.33. The van der Waals surface area contributed by atoms with Crippen LogP contribution in [0.1, 0.15) is 18.5 Å². The van der Waals surface area contributed by atoms with E-state index in [1.54, 1.807) is 29.8 Å². The summed E-state index contributed by atoms with van der Waals surface area (Å²) < 4.78 is 1.58. The lowest BCUT2D eigenvalue weighted by molar-refractivity contribution is 0.811. The molecule has 1 aromatic carbocycles. The summed E-state index contributed by atoms with van der Waals surface area (Å²) in [5.74, 6) is 0.617. The van der Waals surface area contributed by atoms with Crippen molar-refractivity contribution in [1.82, 2.24) is 9.55 Å². The van der Waals surface area contributed by atoms with Crippen LogP contribution in [0, 0.1) is 17.2 Å². The second kappa shape index (κ2) is 7.01. The average Bonchev–Trinajstić information content (AvgIpc) is 3.53. The van der Waals surface area contributed by atoms with Crippen LogP contribution in [0.5, 0.6) is 0 Å². The van der Waals surface area contributed by atoms with E-state index in [-0.39, 0.29) is 5.56 Å². The fraction of sp³-hybridized carbons (Fsp3) is 0.318. The molecule has 1 aliphatic carbocycles. The maximum Gasteiger partial charge on any atom is 0.252 e. The summed E-state index contributed by atoms with van der Waals surface area (Å²) in [6, 6.07) is 15.5. The van der Waals surface area contributed by atoms with Crippen LogP contribution in [0.15, 0.2) is 47.3 Å². The SMILES string of the molecule is CN(C)c1ccc(N(CC2CC2)c2cc(=O)n(C)c3ccc(C#N)nc23)cc1. The fourth-order valence-electron chi connectivity index (χ4n) is 3.41. The van der Waals surface area contributed by atoms with Gasteiger partial charge in [-0.25, -0.2) is 4.98 Å². The first-order chi connectivity index (χ1) is 13.5. The first kappa shape index (κ1) is 18.1. The highest BCUT2D eigenvalue weighted by molar-refractivity contribution is 5.91. The third-order valence-corrected chi connectivity index (χ3v) is 5.29. The molecule has 0 amide bonds. The smallest absolute Gasteiger partial charge is 0.252 e. The van der Waals surface area contributed by atoms with Crippen molar-refractivity contribution in [2.45, 2.75) is 12.8 Å². The van der Waals surface area contributed by atoms with Crippen molar-refractivity contribution in [3.63, 3.8) is 0 Å². The van der Waals surface area contributed by atoms with Gasteiger partial charge in [0, 0.05) is 45.1 Å². The first-order valence-corrected chi connectivity index (χ1v) is 9.43. The Kier molecular flexibility index (Phi) is 4.52. The predicted octanol–water partition coefficient (Wildman–Crippen LogP) is 3.42. The van der Waals surface area contributed by atoms with Gasteiger partial charge in [0.05, 0.1) is 11.2 Å². The molecule has 2 aromatic heterocycles. The molecule has 1 aliphatic rings. The lowest BCUT2D eigenvalue weighted by atomic mass is 10.1. The van der Waals surface area contributed by atoms with Gasteiger partial charge in [0.25, 0.3) is 5.56 Å². The molecule has 0 spiro atoms. The van der Waals surface area contributed by atoms with Crippen LogP contribution in [0.4, 0.5) is 17.1 Å². The third-order valence-electron chi connectivity index (χ3n) is 5.29. The van der Waals surface area contributed by atoms with Gasteiger partial charge in [0.2, 0.25) is 0 Å². The van der Waals surface area contributed by atoms with Crippen molar-refractivity contribution in [1.29, 1.82) is 5.26 Å². The molecule has 4 rings (SSSR count). The minimum Gasteiger partial charge on any atom is -0.378 e. The lowest BCUT2D eigenvalue weighted by Gasteiger charge is -2.27. The number of anilines is 3. The molecule has 6 nitrogen and oxygen atoms in total. The highest BCUT2D eigenvalue weighted by atomic mass is 16.1. The van der Waals surface area contributed by atoms with Gasteiger partial charge in [-0.3, -0.25) is 4.79 Å². The molecule has 3 aromatic rings. The fourth-order valence-corrected chi connectivity index (χ4v) is 3.41. The molecule has 0 aliphatic heterocycles. The van der Waals surface area contributed by atoms with Crippen molar-refractivity contribution in [2.75, 3.05) is 30.4 Å². The summed E-state index contributed by atoms with van der Waals surface area (Å²) >= 11 is 0. The van der Waals surface area contributed by atoms with Gasteiger partial charge in [-0.1, -0.05) is 0 Å². The maximum absolute atomic E-state index is 12.6. The number of aryl methyl sites for hydroxylation is 1. The zero-order valence-corrected chi connectivity index (χ0v) is 16.4. The molecule has 0 unspecified atom stereocenters. The topological polar surface area (TPSA) is 65.2 Å². The van der Waals surface area contributed by atoms with Gasteiger partial charge < -0.3 is 14.4 Å². The van der Waals surface area contributed by atoms with Gasteiger partial charge >= 0.3 is 0 Å². The molecule has 0 N–H and O–H groups in total. The second-order valence-corrected chi connectivity index (χ2v) is 7.57. The van der Waals surface area contributed by atoms with Crippen molar-refractivity contribution < 1.29 is 0 Å².